The molecule has 32 heavy (non-hydrogen) atoms. The maximum atomic E-state index is 7.50. The van der Waals surface area contributed by atoms with Gasteiger partial charge >= 0.3 is 0 Å². The van der Waals surface area contributed by atoms with Crippen LogP contribution in [0.25, 0.3) is 54.2 Å². The molecule has 0 atom stereocenters. The summed E-state index contributed by atoms with van der Waals surface area (Å²) in [6.45, 7) is 7.50. The molecule has 0 aliphatic rings. The topological polar surface area (TPSA) is 9.29 Å². The molecule has 0 saturated carbocycles. The molecule has 0 spiro atoms. The van der Waals surface area contributed by atoms with Crippen molar-refractivity contribution in [3.8, 4) is 16.8 Å². The van der Waals surface area contributed by atoms with Crippen molar-refractivity contribution in [3.63, 3.8) is 0 Å². The Bertz CT molecular complexity index is 1690. The van der Waals surface area contributed by atoms with Gasteiger partial charge < -0.3 is 4.57 Å². The zero-order chi connectivity index (χ0) is 21.7. The maximum Gasteiger partial charge on any atom is 0.188 e. The Balaban J connectivity index is 1.70. The number of benzene rings is 5. The van der Waals surface area contributed by atoms with Crippen molar-refractivity contribution in [1.29, 1.82) is 0 Å². The molecule has 0 aliphatic carbocycles. The summed E-state index contributed by atoms with van der Waals surface area (Å²) >= 11 is 3.69. The van der Waals surface area contributed by atoms with Gasteiger partial charge in [-0.1, -0.05) is 76.6 Å². The van der Waals surface area contributed by atoms with E-state index in [1.165, 1.54) is 21.9 Å². The van der Waals surface area contributed by atoms with Gasteiger partial charge in [-0.05, 0) is 69.8 Å². The number of fused-ring (bicyclic) bond motifs is 4. The molecule has 150 valence electrons. The average Bonchev–Trinajstić information content (AvgIpc) is 3.18. The molecule has 0 radical (unpaired) electrons. The quantitative estimate of drug-likeness (QED) is 0.222. The minimum absolute atomic E-state index is 0.657. The Hall–Kier alpha value is -3.87. The number of halogens is 1. The summed E-state index contributed by atoms with van der Waals surface area (Å²) in [6.07, 6.45) is 0. The molecule has 1 aromatic heterocycles. The van der Waals surface area contributed by atoms with E-state index in [0.717, 1.165) is 32.0 Å². The van der Waals surface area contributed by atoms with Crippen LogP contribution >= 0.6 is 15.9 Å². The summed E-state index contributed by atoms with van der Waals surface area (Å²) < 4.78 is 3.38. The average molecular weight is 473 g/mol. The minimum Gasteiger partial charge on any atom is -0.309 e. The van der Waals surface area contributed by atoms with Crippen molar-refractivity contribution in [2.75, 3.05) is 0 Å². The molecule has 0 aliphatic heterocycles. The number of nitrogens with zero attached hydrogens (tertiary/aromatic N) is 2. The number of para-hydroxylation sites is 1. The summed E-state index contributed by atoms with van der Waals surface area (Å²) in [5.74, 6) is 0. The van der Waals surface area contributed by atoms with Crippen LogP contribution in [-0.2, 0) is 0 Å². The normalized spacial score (nSPS) is 11.2. The van der Waals surface area contributed by atoms with Crippen molar-refractivity contribution in [2.45, 2.75) is 0 Å². The molecule has 3 heteroatoms. The van der Waals surface area contributed by atoms with Gasteiger partial charge in [0.05, 0.1) is 17.6 Å². The highest BCUT2D eigenvalue weighted by Crippen LogP contribution is 2.39. The first kappa shape index (κ1) is 18.9. The van der Waals surface area contributed by atoms with Crippen LogP contribution in [0.5, 0.6) is 0 Å². The van der Waals surface area contributed by atoms with Crippen LogP contribution in [0.15, 0.2) is 108 Å². The molecular weight excluding hydrogens is 456 g/mol. The van der Waals surface area contributed by atoms with Crippen molar-refractivity contribution >= 4 is 54.2 Å². The Morgan fingerprint density at radius 1 is 0.625 bits per heavy atom. The summed E-state index contributed by atoms with van der Waals surface area (Å²) in [5.41, 5.74) is 6.39. The molecular formula is C29H17BrN2. The number of hydrogen-bond acceptors (Lipinski definition) is 0. The fourth-order valence-corrected chi connectivity index (χ4v) is 5.10. The Labute approximate surface area is 194 Å². The highest BCUT2D eigenvalue weighted by molar-refractivity contribution is 9.10. The summed E-state index contributed by atoms with van der Waals surface area (Å²) in [4.78, 5) is 3.68. The Morgan fingerprint density at radius 3 is 2.09 bits per heavy atom. The number of aromatic nitrogens is 1. The lowest BCUT2D eigenvalue weighted by Crippen LogP contribution is -1.92. The zero-order valence-electron chi connectivity index (χ0n) is 17.1. The molecule has 6 aromatic rings. The minimum atomic E-state index is 0.657. The third-order valence-corrected chi connectivity index (χ3v) is 6.77. The van der Waals surface area contributed by atoms with Gasteiger partial charge in [-0.2, -0.15) is 0 Å². The van der Waals surface area contributed by atoms with Crippen molar-refractivity contribution in [1.82, 2.24) is 4.57 Å². The van der Waals surface area contributed by atoms with E-state index in [4.69, 9.17) is 6.57 Å². The lowest BCUT2D eigenvalue weighted by atomic mass is 9.97. The summed E-state index contributed by atoms with van der Waals surface area (Å²) in [5, 5.41) is 4.67. The van der Waals surface area contributed by atoms with Crippen LogP contribution in [0.1, 0.15) is 0 Å². The van der Waals surface area contributed by atoms with E-state index in [9.17, 15) is 0 Å². The van der Waals surface area contributed by atoms with Crippen LogP contribution < -0.4 is 0 Å². The van der Waals surface area contributed by atoms with E-state index in [1.54, 1.807) is 0 Å². The second kappa shape index (κ2) is 7.37. The highest BCUT2D eigenvalue weighted by Gasteiger charge is 2.15. The molecule has 1 heterocycles. The van der Waals surface area contributed by atoms with Crippen molar-refractivity contribution in [2.24, 2.45) is 0 Å². The lowest BCUT2D eigenvalue weighted by Gasteiger charge is -2.10. The number of hydrogen-bond donors (Lipinski definition) is 0. The molecule has 2 nitrogen and oxygen atoms in total. The standard InChI is InChI=1S/C29H17BrN2/c1-31-20-12-16-29-26(18-20)25-17-19(11-15-28(25)32(29)21-7-3-2-4-8-21)22-13-14-27(30)24-10-6-5-9-23(22)24/h2-18H. The van der Waals surface area contributed by atoms with Crippen LogP contribution in [0.2, 0.25) is 0 Å². The molecule has 6 rings (SSSR count). The van der Waals surface area contributed by atoms with Gasteiger partial charge in [-0.3, -0.25) is 0 Å². The Kier molecular flexibility index (Phi) is 4.35. The number of rotatable bonds is 2. The van der Waals surface area contributed by atoms with E-state index in [0.29, 0.717) is 5.69 Å². The van der Waals surface area contributed by atoms with Crippen molar-refractivity contribution in [3.05, 3.63) is 119 Å². The smallest absolute Gasteiger partial charge is 0.188 e. The second-order valence-corrected chi connectivity index (χ2v) is 8.71. The first-order chi connectivity index (χ1) is 15.7. The highest BCUT2D eigenvalue weighted by atomic mass is 79.9. The van der Waals surface area contributed by atoms with Gasteiger partial charge in [-0.15, -0.1) is 0 Å². The fourth-order valence-electron chi connectivity index (χ4n) is 4.62. The van der Waals surface area contributed by atoms with Gasteiger partial charge in [0.2, 0.25) is 0 Å². The third kappa shape index (κ3) is 2.85. The first-order valence-corrected chi connectivity index (χ1v) is 11.2. The zero-order valence-corrected chi connectivity index (χ0v) is 18.7. The van der Waals surface area contributed by atoms with Crippen LogP contribution in [0, 0.1) is 6.57 Å². The van der Waals surface area contributed by atoms with Gasteiger partial charge in [0.15, 0.2) is 5.69 Å². The van der Waals surface area contributed by atoms with Crippen LogP contribution in [0.3, 0.4) is 0 Å². The second-order valence-electron chi connectivity index (χ2n) is 7.86. The van der Waals surface area contributed by atoms with Crippen LogP contribution in [0.4, 0.5) is 5.69 Å². The van der Waals surface area contributed by atoms with E-state index in [2.05, 4.69) is 110 Å². The van der Waals surface area contributed by atoms with Gasteiger partial charge in [0.25, 0.3) is 0 Å². The van der Waals surface area contributed by atoms with E-state index in [1.807, 2.05) is 18.2 Å². The fraction of sp³-hybridized carbons (Fsp3) is 0. The molecule has 5 aromatic carbocycles. The predicted molar refractivity (Wildman–Crippen MR) is 138 cm³/mol. The molecule has 0 amide bonds. The van der Waals surface area contributed by atoms with Crippen LogP contribution in [-0.4, -0.2) is 4.57 Å². The monoisotopic (exact) mass is 472 g/mol. The van der Waals surface area contributed by atoms with Gasteiger partial charge in [-0.25, -0.2) is 4.85 Å². The molecule has 0 fully saturated rings. The molecule has 0 bridgehead atoms. The first-order valence-electron chi connectivity index (χ1n) is 10.4. The van der Waals surface area contributed by atoms with E-state index in [-0.39, 0.29) is 0 Å². The van der Waals surface area contributed by atoms with E-state index < -0.39 is 0 Å². The van der Waals surface area contributed by atoms with E-state index >= 15 is 0 Å². The predicted octanol–water partition coefficient (Wildman–Crippen LogP) is 8.92. The summed E-state index contributed by atoms with van der Waals surface area (Å²) in [6, 6.07) is 35.8. The van der Waals surface area contributed by atoms with Gasteiger partial charge in [0, 0.05) is 15.5 Å². The largest absolute Gasteiger partial charge is 0.309 e. The molecule has 0 unspecified atom stereocenters. The maximum absolute atomic E-state index is 7.50. The summed E-state index contributed by atoms with van der Waals surface area (Å²) in [7, 11) is 0. The van der Waals surface area contributed by atoms with Gasteiger partial charge in [0.1, 0.15) is 0 Å². The third-order valence-electron chi connectivity index (χ3n) is 6.07. The Morgan fingerprint density at radius 2 is 1.31 bits per heavy atom. The lowest BCUT2D eigenvalue weighted by molar-refractivity contribution is 1.18. The molecule has 0 saturated heterocycles. The molecule has 0 N–H and O–H groups in total. The SMILES string of the molecule is [C-]#[N+]c1ccc2c(c1)c1cc(-c3ccc(Br)c4ccccc34)ccc1n2-c1ccccc1. The van der Waals surface area contributed by atoms with Crippen molar-refractivity contribution < 1.29 is 0 Å².